The molecule has 0 fully saturated rings. The smallest absolute Gasteiger partial charge is 0.249 e. The van der Waals surface area contributed by atoms with Crippen molar-refractivity contribution in [3.8, 4) is 0 Å². The molecule has 0 spiro atoms. The highest BCUT2D eigenvalue weighted by molar-refractivity contribution is 7.98. The van der Waals surface area contributed by atoms with E-state index >= 15 is 0 Å². The van der Waals surface area contributed by atoms with Gasteiger partial charge in [-0.1, -0.05) is 29.4 Å². The zero-order valence-corrected chi connectivity index (χ0v) is 11.3. The summed E-state index contributed by atoms with van der Waals surface area (Å²) in [6.45, 7) is 0. The standard InChI is InChI=1S/C9H9ClN4OS2/c1-16-9-11-8(17-14-9)13-12-5-2-3-7(15)6(10)4-5/h2-3,5,15H,4H2,1H3/b13-12+. The van der Waals surface area contributed by atoms with Gasteiger partial charge >= 0.3 is 0 Å². The molecule has 0 aromatic carbocycles. The van der Waals surface area contributed by atoms with Crippen LogP contribution in [0.4, 0.5) is 5.13 Å². The number of hydrogen-bond acceptors (Lipinski definition) is 7. The van der Waals surface area contributed by atoms with Crippen molar-refractivity contribution < 1.29 is 5.11 Å². The Morgan fingerprint density at radius 1 is 1.65 bits per heavy atom. The summed E-state index contributed by atoms with van der Waals surface area (Å²) < 4.78 is 4.07. The SMILES string of the molecule is CSc1nsc(/N=N/C2C=CC(O)=C(Cl)C2)n1. The van der Waals surface area contributed by atoms with E-state index < -0.39 is 0 Å². The van der Waals surface area contributed by atoms with E-state index in [4.69, 9.17) is 11.6 Å². The number of aliphatic hydroxyl groups excluding tert-OH is 1. The molecule has 0 radical (unpaired) electrons. The Bertz CT molecular complexity index is 497. The molecule has 0 saturated carbocycles. The summed E-state index contributed by atoms with van der Waals surface area (Å²) in [5.41, 5.74) is 0. The van der Waals surface area contributed by atoms with E-state index in [0.717, 1.165) is 0 Å². The number of aromatic nitrogens is 2. The molecule has 0 amide bonds. The number of halogens is 1. The third-order valence-electron chi connectivity index (χ3n) is 2.01. The number of azo groups is 1. The molecule has 0 bridgehead atoms. The molecule has 2 rings (SSSR count). The van der Waals surface area contributed by atoms with E-state index in [1.165, 1.54) is 29.4 Å². The number of nitrogens with zero attached hydrogens (tertiary/aromatic N) is 4. The monoisotopic (exact) mass is 288 g/mol. The summed E-state index contributed by atoms with van der Waals surface area (Å²) in [6, 6.07) is -0.153. The van der Waals surface area contributed by atoms with Crippen molar-refractivity contribution in [1.82, 2.24) is 9.36 Å². The van der Waals surface area contributed by atoms with Crippen molar-refractivity contribution in [2.75, 3.05) is 6.26 Å². The fraction of sp³-hybridized carbons (Fsp3) is 0.333. The van der Waals surface area contributed by atoms with Gasteiger partial charge in [-0.05, 0) is 12.3 Å². The van der Waals surface area contributed by atoms with Crippen molar-refractivity contribution in [2.24, 2.45) is 10.2 Å². The second-order valence-electron chi connectivity index (χ2n) is 3.20. The maximum Gasteiger partial charge on any atom is 0.249 e. The third kappa shape index (κ3) is 3.27. The van der Waals surface area contributed by atoms with E-state index in [0.29, 0.717) is 21.7 Å². The van der Waals surface area contributed by atoms with Gasteiger partial charge in [-0.15, -0.1) is 5.11 Å². The van der Waals surface area contributed by atoms with Crippen LogP contribution >= 0.6 is 34.9 Å². The van der Waals surface area contributed by atoms with Crippen LogP contribution in [-0.2, 0) is 0 Å². The first-order valence-electron chi connectivity index (χ1n) is 4.73. The normalized spacial score (nSPS) is 20.5. The van der Waals surface area contributed by atoms with Crippen LogP contribution in [-0.4, -0.2) is 26.8 Å². The van der Waals surface area contributed by atoms with Gasteiger partial charge in [-0.25, -0.2) is 0 Å². The van der Waals surface area contributed by atoms with Gasteiger partial charge in [0.1, 0.15) is 5.76 Å². The van der Waals surface area contributed by atoms with Crippen molar-refractivity contribution in [2.45, 2.75) is 17.6 Å². The molecule has 0 aliphatic heterocycles. The summed E-state index contributed by atoms with van der Waals surface area (Å²) >= 11 is 8.48. The zero-order chi connectivity index (χ0) is 12.3. The van der Waals surface area contributed by atoms with Crippen LogP contribution in [0.5, 0.6) is 0 Å². The molecule has 1 aliphatic rings. The maximum atomic E-state index is 9.28. The topological polar surface area (TPSA) is 70.7 Å². The highest BCUT2D eigenvalue weighted by atomic mass is 35.5. The molecule has 1 heterocycles. The largest absolute Gasteiger partial charge is 0.507 e. The molecule has 1 atom stereocenters. The first kappa shape index (κ1) is 12.5. The lowest BCUT2D eigenvalue weighted by Crippen LogP contribution is -2.04. The predicted octanol–water partition coefficient (Wildman–Crippen LogP) is 3.68. The van der Waals surface area contributed by atoms with E-state index in [2.05, 4.69) is 19.6 Å². The van der Waals surface area contributed by atoms with Crippen LogP contribution in [0.15, 0.2) is 38.3 Å². The number of hydrogen-bond donors (Lipinski definition) is 1. The van der Waals surface area contributed by atoms with E-state index in [1.54, 1.807) is 6.08 Å². The van der Waals surface area contributed by atoms with Gasteiger partial charge < -0.3 is 5.11 Å². The van der Waals surface area contributed by atoms with Gasteiger partial charge in [0.2, 0.25) is 10.3 Å². The number of thioether (sulfide) groups is 1. The zero-order valence-electron chi connectivity index (χ0n) is 8.87. The Morgan fingerprint density at radius 2 is 2.47 bits per heavy atom. The average molecular weight is 289 g/mol. The van der Waals surface area contributed by atoms with Gasteiger partial charge in [0.25, 0.3) is 0 Å². The second kappa shape index (κ2) is 5.61. The molecule has 5 nitrogen and oxygen atoms in total. The number of aliphatic hydroxyl groups is 1. The minimum atomic E-state index is -0.153. The second-order valence-corrected chi connectivity index (χ2v) is 5.16. The van der Waals surface area contributed by atoms with E-state index in [9.17, 15) is 5.11 Å². The molecule has 1 unspecified atom stereocenters. The van der Waals surface area contributed by atoms with Crippen LogP contribution in [0.3, 0.4) is 0 Å². The number of allylic oxidation sites excluding steroid dienone is 1. The summed E-state index contributed by atoms with van der Waals surface area (Å²) in [5.74, 6) is 0.0960. The van der Waals surface area contributed by atoms with Gasteiger partial charge in [0.15, 0.2) is 0 Å². The Morgan fingerprint density at radius 3 is 3.12 bits per heavy atom. The minimum absolute atomic E-state index is 0.0960. The lowest BCUT2D eigenvalue weighted by Gasteiger charge is -2.10. The highest BCUT2D eigenvalue weighted by Gasteiger charge is 2.14. The molecular weight excluding hydrogens is 280 g/mol. The van der Waals surface area contributed by atoms with Gasteiger partial charge in [-0.2, -0.15) is 14.5 Å². The van der Waals surface area contributed by atoms with Crippen molar-refractivity contribution in [1.29, 1.82) is 0 Å². The maximum absolute atomic E-state index is 9.28. The summed E-state index contributed by atoms with van der Waals surface area (Å²) in [5, 5.41) is 19.0. The van der Waals surface area contributed by atoms with Crippen LogP contribution in [0.2, 0.25) is 0 Å². The highest BCUT2D eigenvalue weighted by Crippen LogP contribution is 2.25. The van der Waals surface area contributed by atoms with E-state index in [1.807, 2.05) is 6.26 Å². The fourth-order valence-corrected chi connectivity index (χ4v) is 2.46. The molecule has 1 aromatic rings. The average Bonchev–Trinajstić information content (AvgIpc) is 2.79. The summed E-state index contributed by atoms with van der Waals surface area (Å²) in [6.07, 6.45) is 5.64. The van der Waals surface area contributed by atoms with Crippen molar-refractivity contribution in [3.05, 3.63) is 22.9 Å². The lowest BCUT2D eigenvalue weighted by molar-refractivity contribution is 0.422. The Labute approximate surface area is 111 Å². The fourth-order valence-electron chi connectivity index (χ4n) is 1.18. The lowest BCUT2D eigenvalue weighted by atomic mass is 10.1. The van der Waals surface area contributed by atoms with Crippen molar-refractivity contribution >= 4 is 40.0 Å². The Balaban J connectivity index is 2.01. The Hall–Kier alpha value is -0.920. The van der Waals surface area contributed by atoms with Gasteiger partial charge in [-0.3, -0.25) is 0 Å². The first-order valence-corrected chi connectivity index (χ1v) is 7.11. The van der Waals surface area contributed by atoms with Crippen LogP contribution < -0.4 is 0 Å². The molecule has 1 aromatic heterocycles. The van der Waals surface area contributed by atoms with Gasteiger partial charge in [0, 0.05) is 18.0 Å². The van der Waals surface area contributed by atoms with Crippen molar-refractivity contribution in [3.63, 3.8) is 0 Å². The minimum Gasteiger partial charge on any atom is -0.507 e. The predicted molar refractivity (Wildman–Crippen MR) is 69.3 cm³/mol. The quantitative estimate of drug-likeness (QED) is 0.680. The third-order valence-corrected chi connectivity index (χ3v) is 3.63. The molecule has 17 heavy (non-hydrogen) atoms. The first-order chi connectivity index (χ1) is 8.19. The molecule has 1 aliphatic carbocycles. The van der Waals surface area contributed by atoms with E-state index in [-0.39, 0.29) is 11.8 Å². The van der Waals surface area contributed by atoms with Gasteiger partial charge in [0.05, 0.1) is 11.1 Å². The summed E-state index contributed by atoms with van der Waals surface area (Å²) in [4.78, 5) is 4.14. The molecular formula is C9H9ClN4OS2. The number of rotatable bonds is 3. The summed E-state index contributed by atoms with van der Waals surface area (Å²) in [7, 11) is 0. The Kier molecular flexibility index (Phi) is 4.14. The van der Waals surface area contributed by atoms with Crippen LogP contribution in [0.1, 0.15) is 6.42 Å². The molecule has 90 valence electrons. The van der Waals surface area contributed by atoms with Crippen LogP contribution in [0.25, 0.3) is 0 Å². The molecule has 0 saturated heterocycles. The molecule has 8 heteroatoms. The molecule has 1 N–H and O–H groups in total. The van der Waals surface area contributed by atoms with Crippen LogP contribution in [0, 0.1) is 0 Å².